The topological polar surface area (TPSA) is 49.0 Å². The van der Waals surface area contributed by atoms with Gasteiger partial charge in [-0.2, -0.15) is 0 Å². The van der Waals surface area contributed by atoms with Crippen LogP contribution in [0.15, 0.2) is 77.9 Å². The summed E-state index contributed by atoms with van der Waals surface area (Å²) in [6.07, 6.45) is 1.46. The summed E-state index contributed by atoms with van der Waals surface area (Å²) in [6.45, 7) is 0.410. The van der Waals surface area contributed by atoms with Gasteiger partial charge in [0.25, 0.3) is 5.56 Å². The lowest BCUT2D eigenvalue weighted by molar-refractivity contribution is 0.414. The van der Waals surface area contributed by atoms with Crippen LogP contribution in [-0.4, -0.2) is 21.2 Å². The zero-order valence-electron chi connectivity index (χ0n) is 17.3. The zero-order valence-corrected chi connectivity index (χ0v) is 17.3. The summed E-state index contributed by atoms with van der Waals surface area (Å²) in [4.78, 5) is 18.0. The van der Waals surface area contributed by atoms with Gasteiger partial charge in [-0.25, -0.2) is 13.8 Å². The van der Waals surface area contributed by atoms with Gasteiger partial charge in [-0.3, -0.25) is 9.36 Å². The smallest absolute Gasteiger partial charge is 0.278 e. The number of methoxy groups -OCH3 is 1. The van der Waals surface area contributed by atoms with Crippen molar-refractivity contribution in [3.63, 3.8) is 0 Å². The second kappa shape index (κ2) is 7.92. The summed E-state index contributed by atoms with van der Waals surface area (Å²) in [5, 5.41) is 0.516. The van der Waals surface area contributed by atoms with E-state index in [0.717, 1.165) is 5.56 Å². The van der Waals surface area contributed by atoms with E-state index >= 15 is 0 Å². The Labute approximate surface area is 182 Å². The fraction of sp³-hybridized carbons (Fsp3) is 0.120. The minimum atomic E-state index is -0.426. The molecule has 7 heteroatoms. The predicted octanol–water partition coefficient (Wildman–Crippen LogP) is 4.73. The molecule has 0 aliphatic rings. The van der Waals surface area contributed by atoms with Crippen molar-refractivity contribution >= 4 is 21.9 Å². The Morgan fingerprint density at radius 3 is 2.62 bits per heavy atom. The van der Waals surface area contributed by atoms with Crippen molar-refractivity contribution in [2.75, 3.05) is 7.11 Å². The van der Waals surface area contributed by atoms with Crippen LogP contribution in [0.3, 0.4) is 0 Å². The zero-order chi connectivity index (χ0) is 22.2. The van der Waals surface area contributed by atoms with Crippen molar-refractivity contribution in [2.24, 2.45) is 0 Å². The molecule has 5 aromatic rings. The Kier molecular flexibility index (Phi) is 4.93. The first-order valence-electron chi connectivity index (χ1n) is 10.1. The number of benzene rings is 3. The Hall–Kier alpha value is -4.00. The van der Waals surface area contributed by atoms with Gasteiger partial charge in [-0.15, -0.1) is 0 Å². The summed E-state index contributed by atoms with van der Waals surface area (Å²) in [7, 11) is 1.58. The third kappa shape index (κ3) is 3.41. The van der Waals surface area contributed by atoms with Crippen LogP contribution in [0.1, 0.15) is 11.1 Å². The lowest BCUT2D eigenvalue weighted by atomic mass is 10.2. The average Bonchev–Trinajstić information content (AvgIpc) is 3.10. The normalized spacial score (nSPS) is 11.3. The maximum Gasteiger partial charge on any atom is 0.278 e. The SMILES string of the molecule is COc1cccc(Cn2cnc3c4cc(F)ccc4n(Cc4ccccc4F)c3c2=O)c1. The number of ether oxygens (including phenoxy) is 1. The van der Waals surface area contributed by atoms with E-state index in [1.54, 1.807) is 35.9 Å². The Morgan fingerprint density at radius 1 is 0.969 bits per heavy atom. The molecule has 0 atom stereocenters. The fourth-order valence-electron chi connectivity index (χ4n) is 4.01. The minimum Gasteiger partial charge on any atom is -0.497 e. The van der Waals surface area contributed by atoms with Crippen molar-refractivity contribution in [3.05, 3.63) is 106 Å². The fourth-order valence-corrected chi connectivity index (χ4v) is 4.01. The molecule has 5 rings (SSSR count). The standard InChI is InChI=1S/C25H19F2N3O2/c1-32-19-7-4-5-16(11-19)13-29-15-28-23-20-12-18(26)9-10-22(20)30(24(23)25(29)31)14-17-6-2-3-8-21(17)27/h2-12,15H,13-14H2,1H3. The van der Waals surface area contributed by atoms with Gasteiger partial charge in [0, 0.05) is 10.9 Å². The van der Waals surface area contributed by atoms with Gasteiger partial charge >= 0.3 is 0 Å². The van der Waals surface area contributed by atoms with Gasteiger partial charge in [-0.1, -0.05) is 30.3 Å². The first-order valence-corrected chi connectivity index (χ1v) is 10.1. The largest absolute Gasteiger partial charge is 0.497 e. The molecule has 0 bridgehead atoms. The highest BCUT2D eigenvalue weighted by Crippen LogP contribution is 2.27. The van der Waals surface area contributed by atoms with Crippen LogP contribution >= 0.6 is 0 Å². The molecule has 0 unspecified atom stereocenters. The highest BCUT2D eigenvalue weighted by molar-refractivity contribution is 6.05. The second-order valence-electron chi connectivity index (χ2n) is 7.57. The summed E-state index contributed by atoms with van der Waals surface area (Å²) in [6, 6.07) is 18.1. The molecule has 0 amide bonds. The van der Waals surface area contributed by atoms with Crippen LogP contribution in [0.4, 0.5) is 8.78 Å². The van der Waals surface area contributed by atoms with Crippen molar-refractivity contribution in [1.82, 2.24) is 14.1 Å². The predicted molar refractivity (Wildman–Crippen MR) is 119 cm³/mol. The molecule has 0 N–H and O–H groups in total. The number of hydrogen-bond donors (Lipinski definition) is 0. The van der Waals surface area contributed by atoms with Crippen LogP contribution in [-0.2, 0) is 13.1 Å². The highest BCUT2D eigenvalue weighted by atomic mass is 19.1. The first-order chi connectivity index (χ1) is 15.5. The van der Waals surface area contributed by atoms with Gasteiger partial charge in [0.15, 0.2) is 0 Å². The van der Waals surface area contributed by atoms with Gasteiger partial charge in [0.1, 0.15) is 28.4 Å². The van der Waals surface area contributed by atoms with Crippen molar-refractivity contribution in [3.8, 4) is 5.75 Å². The molecule has 0 saturated heterocycles. The molecule has 2 aromatic heterocycles. The van der Waals surface area contributed by atoms with E-state index in [-0.39, 0.29) is 24.5 Å². The molecule has 2 heterocycles. The Morgan fingerprint density at radius 2 is 1.81 bits per heavy atom. The molecule has 3 aromatic carbocycles. The van der Waals surface area contributed by atoms with Gasteiger partial charge in [0.2, 0.25) is 0 Å². The molecule has 0 spiro atoms. The van der Waals surface area contributed by atoms with Gasteiger partial charge in [0.05, 0.1) is 32.0 Å². The van der Waals surface area contributed by atoms with Gasteiger partial charge < -0.3 is 9.30 Å². The van der Waals surface area contributed by atoms with E-state index in [2.05, 4.69) is 4.98 Å². The van der Waals surface area contributed by atoms with E-state index in [4.69, 9.17) is 4.74 Å². The van der Waals surface area contributed by atoms with E-state index in [9.17, 15) is 13.6 Å². The molecule has 5 nitrogen and oxygen atoms in total. The van der Waals surface area contributed by atoms with Gasteiger partial charge in [-0.05, 0) is 42.0 Å². The van der Waals surface area contributed by atoms with E-state index < -0.39 is 5.82 Å². The number of nitrogens with zero attached hydrogens (tertiary/aromatic N) is 3. The number of halogens is 2. The highest BCUT2D eigenvalue weighted by Gasteiger charge is 2.18. The summed E-state index contributed by atoms with van der Waals surface area (Å²) in [5.41, 5.74) is 2.33. The number of hydrogen-bond acceptors (Lipinski definition) is 3. The maximum absolute atomic E-state index is 14.4. The Balaban J connectivity index is 1.71. The molecule has 0 aliphatic carbocycles. The molecule has 0 saturated carbocycles. The average molecular weight is 431 g/mol. The van der Waals surface area contributed by atoms with Crippen LogP contribution in [0.25, 0.3) is 21.9 Å². The van der Waals surface area contributed by atoms with E-state index in [0.29, 0.717) is 33.2 Å². The Bertz CT molecular complexity index is 1520. The lowest BCUT2D eigenvalue weighted by Crippen LogP contribution is -2.23. The van der Waals surface area contributed by atoms with Crippen molar-refractivity contribution in [1.29, 1.82) is 0 Å². The summed E-state index contributed by atoms with van der Waals surface area (Å²) in [5.74, 6) is -0.108. The number of fused-ring (bicyclic) bond motifs is 3. The molecular weight excluding hydrogens is 412 g/mol. The molecule has 0 radical (unpaired) electrons. The van der Waals surface area contributed by atoms with Crippen LogP contribution in [0.5, 0.6) is 5.75 Å². The second-order valence-corrected chi connectivity index (χ2v) is 7.57. The summed E-state index contributed by atoms with van der Waals surface area (Å²) < 4.78 is 36.9. The maximum atomic E-state index is 14.4. The number of rotatable bonds is 5. The first kappa shape index (κ1) is 19.9. The van der Waals surface area contributed by atoms with E-state index in [1.807, 2.05) is 24.3 Å². The summed E-state index contributed by atoms with van der Waals surface area (Å²) >= 11 is 0. The lowest BCUT2D eigenvalue weighted by Gasteiger charge is -2.10. The third-order valence-corrected chi connectivity index (χ3v) is 5.56. The molecular formula is C25H19F2N3O2. The molecule has 0 aliphatic heterocycles. The van der Waals surface area contributed by atoms with Crippen LogP contribution in [0, 0.1) is 11.6 Å². The number of aromatic nitrogens is 3. The van der Waals surface area contributed by atoms with Crippen molar-refractivity contribution < 1.29 is 13.5 Å². The molecule has 160 valence electrons. The molecule has 32 heavy (non-hydrogen) atoms. The third-order valence-electron chi connectivity index (χ3n) is 5.56. The van der Waals surface area contributed by atoms with E-state index in [1.165, 1.54) is 29.1 Å². The molecule has 0 fully saturated rings. The van der Waals surface area contributed by atoms with Crippen molar-refractivity contribution in [2.45, 2.75) is 13.1 Å². The quantitative estimate of drug-likeness (QED) is 0.404. The van der Waals surface area contributed by atoms with Crippen LogP contribution in [0.2, 0.25) is 0 Å². The monoisotopic (exact) mass is 431 g/mol. The minimum absolute atomic E-state index is 0.123. The van der Waals surface area contributed by atoms with Crippen LogP contribution < -0.4 is 10.3 Å².